The van der Waals surface area contributed by atoms with Crippen LogP contribution in [0.3, 0.4) is 0 Å². The van der Waals surface area contributed by atoms with Crippen molar-refractivity contribution in [1.82, 2.24) is 10.2 Å². The number of hydrogen-bond acceptors (Lipinski definition) is 2. The van der Waals surface area contributed by atoms with Crippen LogP contribution >= 0.6 is 0 Å². The van der Waals surface area contributed by atoms with Gasteiger partial charge in [-0.05, 0) is 64.5 Å². The molecule has 0 radical (unpaired) electrons. The third-order valence-electron chi connectivity index (χ3n) is 5.44. The Hall–Kier alpha value is -0.0800. The van der Waals surface area contributed by atoms with E-state index in [9.17, 15) is 0 Å². The lowest BCUT2D eigenvalue weighted by molar-refractivity contribution is 0.120. The molecule has 0 saturated heterocycles. The van der Waals surface area contributed by atoms with E-state index in [1.807, 2.05) is 0 Å². The van der Waals surface area contributed by atoms with E-state index in [0.29, 0.717) is 0 Å². The van der Waals surface area contributed by atoms with Crippen molar-refractivity contribution in [1.29, 1.82) is 0 Å². The molecule has 2 saturated carbocycles. The molecule has 2 atom stereocenters. The van der Waals surface area contributed by atoms with Crippen molar-refractivity contribution >= 4 is 0 Å². The van der Waals surface area contributed by atoms with Gasteiger partial charge in [-0.2, -0.15) is 0 Å². The van der Waals surface area contributed by atoms with Crippen LogP contribution in [0.5, 0.6) is 0 Å². The molecule has 2 aliphatic rings. The summed E-state index contributed by atoms with van der Waals surface area (Å²) in [7, 11) is 2.38. The Morgan fingerprint density at radius 2 is 1.61 bits per heavy atom. The number of nitrogens with zero attached hydrogens (tertiary/aromatic N) is 1. The molecule has 0 spiro atoms. The predicted molar refractivity (Wildman–Crippen MR) is 78.9 cm³/mol. The molecule has 106 valence electrons. The Morgan fingerprint density at radius 3 is 2.22 bits per heavy atom. The molecular formula is C16H32N2. The van der Waals surface area contributed by atoms with Gasteiger partial charge in [0, 0.05) is 18.1 Å². The lowest BCUT2D eigenvalue weighted by atomic mass is 9.83. The zero-order valence-electron chi connectivity index (χ0n) is 12.6. The van der Waals surface area contributed by atoms with Crippen LogP contribution in [0, 0.1) is 5.92 Å². The summed E-state index contributed by atoms with van der Waals surface area (Å²) in [6.07, 6.45) is 11.4. The van der Waals surface area contributed by atoms with Crippen LogP contribution in [0.4, 0.5) is 0 Å². The standard InChI is InChI=1S/C16H32N2/c1-4-13-6-9-15(10-7-13)18(3)16-11-8-14(12-16)17-5-2/h13-17H,4-12H2,1-3H3. The number of rotatable bonds is 5. The maximum absolute atomic E-state index is 3.62. The van der Waals surface area contributed by atoms with Gasteiger partial charge in [-0.15, -0.1) is 0 Å². The smallest absolute Gasteiger partial charge is 0.0110 e. The van der Waals surface area contributed by atoms with Gasteiger partial charge >= 0.3 is 0 Å². The summed E-state index contributed by atoms with van der Waals surface area (Å²) in [6, 6.07) is 2.50. The van der Waals surface area contributed by atoms with E-state index < -0.39 is 0 Å². The minimum Gasteiger partial charge on any atom is -0.314 e. The van der Waals surface area contributed by atoms with Crippen molar-refractivity contribution in [3.63, 3.8) is 0 Å². The van der Waals surface area contributed by atoms with Gasteiger partial charge in [0.05, 0.1) is 0 Å². The molecule has 2 unspecified atom stereocenters. The minimum atomic E-state index is 0.787. The Bertz CT molecular complexity index is 231. The quantitative estimate of drug-likeness (QED) is 0.806. The van der Waals surface area contributed by atoms with Gasteiger partial charge in [0.15, 0.2) is 0 Å². The molecule has 0 aromatic carbocycles. The highest BCUT2D eigenvalue weighted by Gasteiger charge is 2.32. The van der Waals surface area contributed by atoms with Gasteiger partial charge in [0.1, 0.15) is 0 Å². The molecule has 0 bridgehead atoms. The average molecular weight is 252 g/mol. The fourth-order valence-corrected chi connectivity index (χ4v) is 4.06. The summed E-state index contributed by atoms with van der Waals surface area (Å²) in [5, 5.41) is 3.62. The summed E-state index contributed by atoms with van der Waals surface area (Å²) in [4.78, 5) is 2.73. The molecule has 0 heterocycles. The molecule has 2 heteroatoms. The van der Waals surface area contributed by atoms with Crippen molar-refractivity contribution < 1.29 is 0 Å². The summed E-state index contributed by atoms with van der Waals surface area (Å²) < 4.78 is 0. The Labute approximate surface area is 114 Å². The van der Waals surface area contributed by atoms with Gasteiger partial charge in [-0.3, -0.25) is 0 Å². The lowest BCUT2D eigenvalue weighted by Gasteiger charge is -2.38. The van der Waals surface area contributed by atoms with Gasteiger partial charge < -0.3 is 10.2 Å². The molecule has 2 rings (SSSR count). The van der Waals surface area contributed by atoms with Crippen LogP contribution in [-0.2, 0) is 0 Å². The fraction of sp³-hybridized carbons (Fsp3) is 1.00. The summed E-state index contributed by atoms with van der Waals surface area (Å²) in [5.74, 6) is 1.02. The predicted octanol–water partition coefficient (Wildman–Crippen LogP) is 3.42. The Balaban J connectivity index is 1.76. The fourth-order valence-electron chi connectivity index (χ4n) is 4.06. The molecule has 2 fully saturated rings. The first-order chi connectivity index (χ1) is 8.74. The van der Waals surface area contributed by atoms with Crippen LogP contribution in [-0.4, -0.2) is 36.6 Å². The topological polar surface area (TPSA) is 15.3 Å². The average Bonchev–Trinajstić information content (AvgIpc) is 2.87. The van der Waals surface area contributed by atoms with Crippen LogP contribution in [0.1, 0.15) is 65.2 Å². The van der Waals surface area contributed by atoms with Crippen LogP contribution < -0.4 is 5.32 Å². The molecule has 18 heavy (non-hydrogen) atoms. The second-order valence-corrected chi connectivity index (χ2v) is 6.47. The Kier molecular flexibility index (Phi) is 5.50. The van der Waals surface area contributed by atoms with Crippen molar-refractivity contribution in [2.75, 3.05) is 13.6 Å². The summed E-state index contributed by atoms with van der Waals surface area (Å²) in [5.41, 5.74) is 0. The minimum absolute atomic E-state index is 0.787. The van der Waals surface area contributed by atoms with Gasteiger partial charge in [-0.1, -0.05) is 20.3 Å². The highest BCUT2D eigenvalue weighted by atomic mass is 15.2. The first-order valence-corrected chi connectivity index (χ1v) is 8.19. The van der Waals surface area contributed by atoms with E-state index in [4.69, 9.17) is 0 Å². The largest absolute Gasteiger partial charge is 0.314 e. The maximum atomic E-state index is 3.62. The number of nitrogens with one attached hydrogen (secondary N) is 1. The van der Waals surface area contributed by atoms with Gasteiger partial charge in [0.25, 0.3) is 0 Å². The maximum Gasteiger partial charge on any atom is 0.0110 e. The zero-order chi connectivity index (χ0) is 13.0. The SMILES string of the molecule is CCNC1CCC(N(C)C2CCC(CC)CC2)C1. The molecule has 0 aliphatic heterocycles. The molecule has 1 N–H and O–H groups in total. The number of hydrogen-bond donors (Lipinski definition) is 1. The van der Waals surface area contributed by atoms with Crippen LogP contribution in [0.25, 0.3) is 0 Å². The molecule has 0 aromatic rings. The molecule has 2 nitrogen and oxygen atoms in total. The molecule has 0 aromatic heterocycles. The van der Waals surface area contributed by atoms with Crippen molar-refractivity contribution in [2.24, 2.45) is 5.92 Å². The first kappa shape index (κ1) is 14.3. The van der Waals surface area contributed by atoms with E-state index in [-0.39, 0.29) is 0 Å². The third-order valence-corrected chi connectivity index (χ3v) is 5.44. The highest BCUT2D eigenvalue weighted by molar-refractivity contribution is 4.89. The molecular weight excluding hydrogens is 220 g/mol. The van der Waals surface area contributed by atoms with Crippen LogP contribution in [0.2, 0.25) is 0 Å². The van der Waals surface area contributed by atoms with Crippen molar-refractivity contribution in [3.05, 3.63) is 0 Å². The lowest BCUT2D eigenvalue weighted by Crippen LogP contribution is -2.42. The third kappa shape index (κ3) is 3.48. The molecule has 2 aliphatic carbocycles. The van der Waals surface area contributed by atoms with E-state index in [0.717, 1.165) is 30.6 Å². The van der Waals surface area contributed by atoms with Crippen molar-refractivity contribution in [3.8, 4) is 0 Å². The summed E-state index contributed by atoms with van der Waals surface area (Å²) >= 11 is 0. The van der Waals surface area contributed by atoms with Crippen molar-refractivity contribution in [2.45, 2.75) is 83.3 Å². The summed E-state index contributed by atoms with van der Waals surface area (Å²) in [6.45, 7) is 5.71. The van der Waals surface area contributed by atoms with Crippen LogP contribution in [0.15, 0.2) is 0 Å². The Morgan fingerprint density at radius 1 is 0.944 bits per heavy atom. The molecule has 0 amide bonds. The zero-order valence-corrected chi connectivity index (χ0v) is 12.6. The normalized spacial score (nSPS) is 37.3. The van der Waals surface area contributed by atoms with E-state index in [2.05, 4.69) is 31.1 Å². The second-order valence-electron chi connectivity index (χ2n) is 6.47. The van der Waals surface area contributed by atoms with Gasteiger partial charge in [0.2, 0.25) is 0 Å². The van der Waals surface area contributed by atoms with E-state index in [1.165, 1.54) is 51.4 Å². The van der Waals surface area contributed by atoms with E-state index >= 15 is 0 Å². The van der Waals surface area contributed by atoms with E-state index in [1.54, 1.807) is 0 Å². The van der Waals surface area contributed by atoms with Gasteiger partial charge in [-0.25, -0.2) is 0 Å². The monoisotopic (exact) mass is 252 g/mol. The highest BCUT2D eigenvalue weighted by Crippen LogP contribution is 2.32. The second kappa shape index (κ2) is 6.91. The first-order valence-electron chi connectivity index (χ1n) is 8.19.